The maximum absolute atomic E-state index is 8.95. The zero-order chi connectivity index (χ0) is 11.4. The molecule has 1 aromatic heterocycles. The van der Waals surface area contributed by atoms with Gasteiger partial charge in [0.1, 0.15) is 4.34 Å². The molecule has 16 heavy (non-hydrogen) atoms. The molecule has 1 heterocycles. The van der Waals surface area contributed by atoms with Crippen molar-refractivity contribution in [1.29, 1.82) is 5.26 Å². The molecule has 0 saturated carbocycles. The molecule has 0 bridgehead atoms. The molecule has 2 aromatic rings. The van der Waals surface area contributed by atoms with Crippen molar-refractivity contribution >= 4 is 23.1 Å². The highest BCUT2D eigenvalue weighted by molar-refractivity contribution is 8.00. The fourth-order valence-corrected chi connectivity index (χ4v) is 3.15. The number of aromatic nitrogens is 1. The lowest BCUT2D eigenvalue weighted by Gasteiger charge is -2.00. The van der Waals surface area contributed by atoms with E-state index < -0.39 is 0 Å². The number of hydrogen-bond acceptors (Lipinski definition) is 4. The zero-order valence-electron chi connectivity index (χ0n) is 8.80. The summed E-state index contributed by atoms with van der Waals surface area (Å²) >= 11 is 3.33. The molecule has 0 saturated heterocycles. The lowest BCUT2D eigenvalue weighted by molar-refractivity contribution is 1.16. The number of nitriles is 1. The first-order valence-electron chi connectivity index (χ1n) is 4.82. The second kappa shape index (κ2) is 5.15. The van der Waals surface area contributed by atoms with Crippen molar-refractivity contribution in [3.8, 4) is 6.07 Å². The van der Waals surface area contributed by atoms with Gasteiger partial charge in [-0.2, -0.15) is 5.26 Å². The molecule has 0 amide bonds. The van der Waals surface area contributed by atoms with E-state index in [2.05, 4.69) is 11.1 Å². The topological polar surface area (TPSA) is 36.7 Å². The van der Waals surface area contributed by atoms with Crippen LogP contribution >= 0.6 is 23.1 Å². The van der Waals surface area contributed by atoms with E-state index in [1.165, 1.54) is 0 Å². The minimum atomic E-state index is 0.753. The summed E-state index contributed by atoms with van der Waals surface area (Å²) in [5, 5.41) is 11.0. The highest BCUT2D eigenvalue weighted by Crippen LogP contribution is 2.26. The van der Waals surface area contributed by atoms with E-state index in [1.807, 2.05) is 36.6 Å². The molecule has 0 spiro atoms. The normalized spacial score (nSPS) is 10.0. The standard InChI is InChI=1S/C12H10N2S2/c1-9-7-15-12(14-9)16-8-11-5-3-2-4-10(11)6-13/h2-5,7H,8H2,1H3. The molecule has 0 aliphatic carbocycles. The van der Waals surface area contributed by atoms with Crippen molar-refractivity contribution in [3.05, 3.63) is 46.5 Å². The van der Waals surface area contributed by atoms with Crippen LogP contribution in [-0.4, -0.2) is 4.98 Å². The Kier molecular flexibility index (Phi) is 3.60. The van der Waals surface area contributed by atoms with Crippen LogP contribution in [0.25, 0.3) is 0 Å². The Morgan fingerprint density at radius 3 is 2.94 bits per heavy atom. The van der Waals surface area contributed by atoms with Crippen LogP contribution in [0.2, 0.25) is 0 Å². The van der Waals surface area contributed by atoms with Gasteiger partial charge in [0.2, 0.25) is 0 Å². The van der Waals surface area contributed by atoms with Gasteiger partial charge in [-0.05, 0) is 18.6 Å². The van der Waals surface area contributed by atoms with Crippen LogP contribution in [0.5, 0.6) is 0 Å². The zero-order valence-corrected chi connectivity index (χ0v) is 10.4. The number of hydrogen-bond donors (Lipinski definition) is 0. The first-order valence-corrected chi connectivity index (χ1v) is 6.69. The molecule has 2 rings (SSSR count). The van der Waals surface area contributed by atoms with E-state index >= 15 is 0 Å². The van der Waals surface area contributed by atoms with E-state index in [0.29, 0.717) is 0 Å². The van der Waals surface area contributed by atoms with Gasteiger partial charge < -0.3 is 0 Å². The van der Waals surface area contributed by atoms with Crippen LogP contribution in [0, 0.1) is 18.3 Å². The summed E-state index contributed by atoms with van der Waals surface area (Å²) in [6.07, 6.45) is 0. The highest BCUT2D eigenvalue weighted by atomic mass is 32.2. The molecular formula is C12H10N2S2. The molecule has 0 radical (unpaired) electrons. The van der Waals surface area contributed by atoms with Crippen LogP contribution in [0.1, 0.15) is 16.8 Å². The van der Waals surface area contributed by atoms with Crippen LogP contribution in [0.3, 0.4) is 0 Å². The van der Waals surface area contributed by atoms with Crippen molar-refractivity contribution in [3.63, 3.8) is 0 Å². The summed E-state index contributed by atoms with van der Waals surface area (Å²) in [5.74, 6) is 0.802. The van der Waals surface area contributed by atoms with Gasteiger partial charge in [-0.1, -0.05) is 30.0 Å². The number of nitrogens with zero attached hydrogens (tertiary/aromatic N) is 2. The second-order valence-corrected chi connectivity index (χ2v) is 5.39. The van der Waals surface area contributed by atoms with Gasteiger partial charge in [0.05, 0.1) is 11.6 Å². The second-order valence-electron chi connectivity index (χ2n) is 3.31. The Bertz CT molecular complexity index is 526. The average Bonchev–Trinajstić information content (AvgIpc) is 2.73. The fraction of sp³-hybridized carbons (Fsp3) is 0.167. The van der Waals surface area contributed by atoms with Crippen LogP contribution < -0.4 is 0 Å². The Morgan fingerprint density at radius 1 is 1.44 bits per heavy atom. The fourth-order valence-electron chi connectivity index (χ4n) is 1.29. The predicted molar refractivity (Wildman–Crippen MR) is 67.6 cm³/mol. The Balaban J connectivity index is 2.08. The third-order valence-electron chi connectivity index (χ3n) is 2.09. The van der Waals surface area contributed by atoms with Crippen molar-refractivity contribution in [2.75, 3.05) is 0 Å². The lowest BCUT2D eigenvalue weighted by Crippen LogP contribution is -1.86. The van der Waals surface area contributed by atoms with Crippen molar-refractivity contribution in [2.45, 2.75) is 17.0 Å². The number of thiazole rings is 1. The first-order chi connectivity index (χ1) is 7.79. The van der Waals surface area contributed by atoms with Gasteiger partial charge in [-0.3, -0.25) is 0 Å². The summed E-state index contributed by atoms with van der Waals surface area (Å²) in [5.41, 5.74) is 2.88. The predicted octanol–water partition coefficient (Wildman–Crippen LogP) is 3.62. The van der Waals surface area contributed by atoms with Gasteiger partial charge in [0.15, 0.2) is 0 Å². The summed E-state index contributed by atoms with van der Waals surface area (Å²) in [6.45, 7) is 1.99. The number of benzene rings is 1. The van der Waals surface area contributed by atoms with Crippen LogP contribution in [-0.2, 0) is 5.75 Å². The minimum Gasteiger partial charge on any atom is -0.235 e. The van der Waals surface area contributed by atoms with Crippen LogP contribution in [0.4, 0.5) is 0 Å². The average molecular weight is 246 g/mol. The number of aryl methyl sites for hydroxylation is 1. The monoisotopic (exact) mass is 246 g/mol. The van der Waals surface area contributed by atoms with E-state index in [-0.39, 0.29) is 0 Å². The maximum atomic E-state index is 8.95. The number of rotatable bonds is 3. The van der Waals surface area contributed by atoms with Crippen molar-refractivity contribution in [1.82, 2.24) is 4.98 Å². The Morgan fingerprint density at radius 2 is 2.25 bits per heavy atom. The van der Waals surface area contributed by atoms with E-state index in [9.17, 15) is 0 Å². The summed E-state index contributed by atoms with van der Waals surface area (Å²) in [4.78, 5) is 4.38. The molecule has 4 heteroatoms. The SMILES string of the molecule is Cc1csc(SCc2ccccc2C#N)n1. The first kappa shape index (κ1) is 11.2. The van der Waals surface area contributed by atoms with Crippen LogP contribution in [0.15, 0.2) is 34.0 Å². The maximum Gasteiger partial charge on any atom is 0.150 e. The molecule has 0 aliphatic rings. The molecule has 2 nitrogen and oxygen atoms in total. The molecule has 0 N–H and O–H groups in total. The van der Waals surface area contributed by atoms with Crippen molar-refractivity contribution < 1.29 is 0 Å². The third kappa shape index (κ3) is 2.63. The van der Waals surface area contributed by atoms with Gasteiger partial charge >= 0.3 is 0 Å². The largest absolute Gasteiger partial charge is 0.235 e. The molecule has 0 atom stereocenters. The quantitative estimate of drug-likeness (QED) is 0.776. The van der Waals surface area contributed by atoms with E-state index in [1.54, 1.807) is 23.1 Å². The minimum absolute atomic E-state index is 0.753. The smallest absolute Gasteiger partial charge is 0.150 e. The summed E-state index contributed by atoms with van der Waals surface area (Å²) < 4.78 is 1.06. The van der Waals surface area contributed by atoms with Gasteiger partial charge in [-0.25, -0.2) is 4.98 Å². The Hall–Kier alpha value is -1.31. The molecule has 1 aromatic carbocycles. The molecule has 0 aliphatic heterocycles. The molecular weight excluding hydrogens is 236 g/mol. The van der Waals surface area contributed by atoms with Crippen molar-refractivity contribution in [2.24, 2.45) is 0 Å². The number of thioether (sulfide) groups is 1. The molecule has 80 valence electrons. The molecule has 0 unspecified atom stereocenters. The third-order valence-corrected chi connectivity index (χ3v) is 4.27. The summed E-state index contributed by atoms with van der Waals surface area (Å²) in [6, 6.07) is 9.90. The van der Waals surface area contributed by atoms with E-state index in [4.69, 9.17) is 5.26 Å². The Labute approximate surface area is 103 Å². The van der Waals surface area contributed by atoms with Gasteiger partial charge in [0.25, 0.3) is 0 Å². The highest BCUT2D eigenvalue weighted by Gasteiger charge is 2.03. The van der Waals surface area contributed by atoms with Gasteiger partial charge in [0, 0.05) is 16.8 Å². The van der Waals surface area contributed by atoms with E-state index in [0.717, 1.165) is 26.9 Å². The summed E-state index contributed by atoms with van der Waals surface area (Å²) in [7, 11) is 0. The molecule has 0 fully saturated rings. The van der Waals surface area contributed by atoms with Gasteiger partial charge in [-0.15, -0.1) is 11.3 Å². The lowest BCUT2D eigenvalue weighted by atomic mass is 10.1.